The van der Waals surface area contributed by atoms with E-state index in [9.17, 15) is 9.59 Å². The van der Waals surface area contributed by atoms with Gasteiger partial charge < -0.3 is 19.8 Å². The molecule has 4 heteroatoms. The molecule has 0 heterocycles. The van der Waals surface area contributed by atoms with Gasteiger partial charge in [-0.3, -0.25) is 0 Å². The molecule has 0 aliphatic carbocycles. The lowest BCUT2D eigenvalue weighted by molar-refractivity contribution is -0.131. The third-order valence-corrected chi connectivity index (χ3v) is 1.52. The predicted octanol–water partition coefficient (Wildman–Crippen LogP) is -0.129. The first-order valence-electron chi connectivity index (χ1n) is 3.78. The molecular formula is C8H14O4. The fraction of sp³-hybridized carbons (Fsp3) is 0.750. The summed E-state index contributed by atoms with van der Waals surface area (Å²) >= 11 is 0. The zero-order valence-corrected chi connectivity index (χ0v) is 7.28. The van der Waals surface area contributed by atoms with Gasteiger partial charge in [-0.2, -0.15) is 0 Å². The van der Waals surface area contributed by atoms with Crippen molar-refractivity contribution in [1.29, 1.82) is 0 Å². The fourth-order valence-electron chi connectivity index (χ4n) is 1.02. The van der Waals surface area contributed by atoms with Crippen LogP contribution in [0.5, 0.6) is 0 Å². The van der Waals surface area contributed by atoms with E-state index in [0.717, 1.165) is 0 Å². The normalized spacial score (nSPS) is 10.8. The van der Waals surface area contributed by atoms with Crippen LogP contribution in [-0.4, -0.2) is 28.1 Å². The van der Waals surface area contributed by atoms with Crippen molar-refractivity contribution >= 4 is 11.6 Å². The van der Waals surface area contributed by atoms with Crippen molar-refractivity contribution in [3.63, 3.8) is 0 Å². The first-order valence-corrected chi connectivity index (χ1v) is 3.78. The highest BCUT2D eigenvalue weighted by atomic mass is 16.5. The van der Waals surface area contributed by atoms with Crippen LogP contribution in [0.25, 0.3) is 0 Å². The lowest BCUT2D eigenvalue weighted by Crippen LogP contribution is -2.24. The summed E-state index contributed by atoms with van der Waals surface area (Å²) in [5, 5.41) is 17.5. The summed E-state index contributed by atoms with van der Waals surface area (Å²) in [5.41, 5.74) is 0. The van der Waals surface area contributed by atoms with Gasteiger partial charge in [0.15, 0.2) is 6.29 Å². The number of Topliss-reactive ketones (excluding diaryl/α,β-unsaturated/α-hetero) is 2. The first-order chi connectivity index (χ1) is 5.43. The Kier molecular flexibility index (Phi) is 4.70. The molecule has 0 aliphatic heterocycles. The smallest absolute Gasteiger partial charge is 0.155 e. The molecule has 12 heavy (non-hydrogen) atoms. The van der Waals surface area contributed by atoms with Gasteiger partial charge in [0.1, 0.15) is 11.6 Å². The highest BCUT2D eigenvalue weighted by molar-refractivity contribution is 5.79. The molecule has 0 amide bonds. The number of carbonyl (C=O) groups excluding carboxylic acids is 2. The van der Waals surface area contributed by atoms with Gasteiger partial charge in [0, 0.05) is 18.8 Å². The Morgan fingerprint density at radius 3 is 1.58 bits per heavy atom. The Morgan fingerprint density at radius 1 is 1.08 bits per heavy atom. The maximum atomic E-state index is 10.6. The third kappa shape index (κ3) is 4.98. The predicted molar refractivity (Wildman–Crippen MR) is 42.3 cm³/mol. The van der Waals surface area contributed by atoms with E-state index in [2.05, 4.69) is 0 Å². The maximum absolute atomic E-state index is 10.6. The second-order valence-electron chi connectivity index (χ2n) is 2.99. The molecule has 0 saturated heterocycles. The van der Waals surface area contributed by atoms with Crippen LogP contribution in [0.15, 0.2) is 0 Å². The summed E-state index contributed by atoms with van der Waals surface area (Å²) in [5.74, 6) is -0.941. The lowest BCUT2D eigenvalue weighted by atomic mass is 9.97. The zero-order chi connectivity index (χ0) is 9.72. The summed E-state index contributed by atoms with van der Waals surface area (Å²) in [4.78, 5) is 21.2. The van der Waals surface area contributed by atoms with Crippen LogP contribution in [0, 0.1) is 5.92 Å². The third-order valence-electron chi connectivity index (χ3n) is 1.52. The minimum absolute atomic E-state index is 0.0389. The number of ketones is 2. The zero-order valence-electron chi connectivity index (χ0n) is 7.28. The molecule has 0 unspecified atom stereocenters. The minimum Gasteiger partial charge on any atom is -0.368 e. The molecule has 0 bridgehead atoms. The molecule has 0 aromatic rings. The van der Waals surface area contributed by atoms with Crippen LogP contribution >= 0.6 is 0 Å². The molecule has 0 saturated carbocycles. The number of hydrogen-bond donors (Lipinski definition) is 2. The quantitative estimate of drug-likeness (QED) is 0.569. The molecule has 0 spiro atoms. The van der Waals surface area contributed by atoms with Crippen LogP contribution in [0.2, 0.25) is 0 Å². The van der Waals surface area contributed by atoms with E-state index in [-0.39, 0.29) is 24.4 Å². The van der Waals surface area contributed by atoms with Gasteiger partial charge in [-0.1, -0.05) is 0 Å². The molecule has 0 aromatic heterocycles. The van der Waals surface area contributed by atoms with Crippen molar-refractivity contribution in [2.24, 2.45) is 5.92 Å². The molecular weight excluding hydrogens is 160 g/mol. The number of aliphatic hydroxyl groups is 2. The standard InChI is InChI=1S/C8H14O4/c1-5(9)3-7(8(11)12)4-6(2)10/h7-8,11-12H,3-4H2,1-2H3. The highest BCUT2D eigenvalue weighted by Gasteiger charge is 2.19. The monoisotopic (exact) mass is 174 g/mol. The molecule has 4 nitrogen and oxygen atoms in total. The molecule has 0 rings (SSSR count). The van der Waals surface area contributed by atoms with Crippen LogP contribution in [0.1, 0.15) is 26.7 Å². The van der Waals surface area contributed by atoms with Gasteiger partial charge in [-0.25, -0.2) is 0 Å². The van der Waals surface area contributed by atoms with Crippen molar-refractivity contribution in [3.05, 3.63) is 0 Å². The topological polar surface area (TPSA) is 74.6 Å². The summed E-state index contributed by atoms with van der Waals surface area (Å²) in [6.07, 6.45) is -1.51. The van der Waals surface area contributed by atoms with E-state index in [1.165, 1.54) is 13.8 Å². The second kappa shape index (κ2) is 5.00. The van der Waals surface area contributed by atoms with Gasteiger partial charge >= 0.3 is 0 Å². The van der Waals surface area contributed by atoms with Crippen molar-refractivity contribution in [1.82, 2.24) is 0 Å². The molecule has 0 aromatic carbocycles. The lowest BCUT2D eigenvalue weighted by Gasteiger charge is -2.15. The number of aliphatic hydroxyl groups excluding tert-OH is 1. The summed E-state index contributed by atoms with van der Waals surface area (Å²) in [6.45, 7) is 2.71. The number of rotatable bonds is 5. The molecule has 70 valence electrons. The summed E-state index contributed by atoms with van der Waals surface area (Å²) < 4.78 is 0. The van der Waals surface area contributed by atoms with E-state index in [1.54, 1.807) is 0 Å². The Morgan fingerprint density at radius 2 is 1.42 bits per heavy atom. The van der Waals surface area contributed by atoms with Crippen LogP contribution in [0.3, 0.4) is 0 Å². The van der Waals surface area contributed by atoms with Crippen molar-refractivity contribution in [3.8, 4) is 0 Å². The largest absolute Gasteiger partial charge is 0.368 e. The van der Waals surface area contributed by atoms with Crippen LogP contribution in [-0.2, 0) is 9.59 Å². The summed E-state index contributed by atoms with van der Waals surface area (Å²) in [7, 11) is 0. The Labute approximate surface area is 71.2 Å². The van der Waals surface area contributed by atoms with Gasteiger partial charge in [-0.05, 0) is 13.8 Å². The van der Waals surface area contributed by atoms with Crippen LogP contribution < -0.4 is 0 Å². The number of hydrogen-bond acceptors (Lipinski definition) is 4. The molecule has 2 N–H and O–H groups in total. The van der Waals surface area contributed by atoms with Crippen LogP contribution in [0.4, 0.5) is 0 Å². The van der Waals surface area contributed by atoms with Gasteiger partial charge in [-0.15, -0.1) is 0 Å². The fourth-order valence-corrected chi connectivity index (χ4v) is 1.02. The average Bonchev–Trinajstić information content (AvgIpc) is 1.83. The first kappa shape index (κ1) is 11.3. The Hall–Kier alpha value is -0.740. The van der Waals surface area contributed by atoms with E-state index < -0.39 is 12.2 Å². The molecule has 0 fully saturated rings. The molecule has 0 aliphatic rings. The number of carbonyl (C=O) groups is 2. The molecule has 0 radical (unpaired) electrons. The Bertz CT molecular complexity index is 158. The second-order valence-corrected chi connectivity index (χ2v) is 2.99. The van der Waals surface area contributed by atoms with Gasteiger partial charge in [0.05, 0.1) is 0 Å². The van der Waals surface area contributed by atoms with E-state index >= 15 is 0 Å². The SMILES string of the molecule is CC(=O)CC(CC(C)=O)C(O)O. The average molecular weight is 174 g/mol. The van der Waals surface area contributed by atoms with E-state index in [0.29, 0.717) is 0 Å². The van der Waals surface area contributed by atoms with E-state index in [4.69, 9.17) is 10.2 Å². The van der Waals surface area contributed by atoms with Crippen molar-refractivity contribution < 1.29 is 19.8 Å². The Balaban J connectivity index is 4.04. The minimum atomic E-state index is -1.59. The van der Waals surface area contributed by atoms with Gasteiger partial charge in [0.2, 0.25) is 0 Å². The van der Waals surface area contributed by atoms with Crippen molar-refractivity contribution in [2.75, 3.05) is 0 Å². The summed E-state index contributed by atoms with van der Waals surface area (Å²) in [6, 6.07) is 0. The van der Waals surface area contributed by atoms with Crippen molar-refractivity contribution in [2.45, 2.75) is 33.0 Å². The van der Waals surface area contributed by atoms with Gasteiger partial charge in [0.25, 0.3) is 0 Å². The maximum Gasteiger partial charge on any atom is 0.155 e. The molecule has 0 atom stereocenters. The van der Waals surface area contributed by atoms with E-state index in [1.807, 2.05) is 0 Å². The highest BCUT2D eigenvalue weighted by Crippen LogP contribution is 2.13.